The molecule has 0 aliphatic carbocycles. The number of pyridine rings is 1. The second kappa shape index (κ2) is 6.97. The molecule has 132 valence electrons. The first-order valence-electron chi connectivity index (χ1n) is 7.96. The maximum atomic E-state index is 12.1. The first-order valence-corrected chi connectivity index (χ1v) is 8.34. The summed E-state index contributed by atoms with van der Waals surface area (Å²) in [6.07, 6.45) is 0.959. The van der Waals surface area contributed by atoms with E-state index in [2.05, 4.69) is 4.98 Å². The molecule has 1 aromatic heterocycles. The van der Waals surface area contributed by atoms with Crippen LogP contribution < -0.4 is 0 Å². The minimum atomic E-state index is -1.03. The van der Waals surface area contributed by atoms with Crippen LogP contribution in [0.4, 0.5) is 4.79 Å². The fraction of sp³-hybridized carbons (Fsp3) is 0.588. The van der Waals surface area contributed by atoms with Gasteiger partial charge in [0.05, 0.1) is 22.0 Å². The van der Waals surface area contributed by atoms with E-state index in [9.17, 15) is 14.7 Å². The number of carbonyl (C=O) groups excluding carboxylic acids is 1. The number of aromatic nitrogens is 1. The zero-order valence-electron chi connectivity index (χ0n) is 14.4. The van der Waals surface area contributed by atoms with Crippen molar-refractivity contribution in [1.82, 2.24) is 9.88 Å². The van der Waals surface area contributed by atoms with Gasteiger partial charge in [-0.3, -0.25) is 4.98 Å². The van der Waals surface area contributed by atoms with Crippen LogP contribution in [0.5, 0.6) is 0 Å². The molecule has 0 unspecified atom stereocenters. The van der Waals surface area contributed by atoms with E-state index in [-0.39, 0.29) is 17.6 Å². The Labute approximate surface area is 146 Å². The Morgan fingerprint density at radius 3 is 2.42 bits per heavy atom. The van der Waals surface area contributed by atoms with Gasteiger partial charge in [0.15, 0.2) is 0 Å². The van der Waals surface area contributed by atoms with Crippen LogP contribution in [0.25, 0.3) is 0 Å². The summed E-state index contributed by atoms with van der Waals surface area (Å²) >= 11 is 6.00. The molecule has 1 amide bonds. The van der Waals surface area contributed by atoms with Crippen molar-refractivity contribution in [3.8, 4) is 0 Å². The van der Waals surface area contributed by atoms with Gasteiger partial charge in [-0.2, -0.15) is 0 Å². The normalized spacial score (nSPS) is 16.1. The summed E-state index contributed by atoms with van der Waals surface area (Å²) in [5.41, 5.74) is 0.778. The van der Waals surface area contributed by atoms with Crippen LogP contribution in [-0.4, -0.2) is 45.7 Å². The van der Waals surface area contributed by atoms with Crippen LogP contribution in [0, 0.1) is 6.92 Å². The lowest BCUT2D eigenvalue weighted by atomic mass is 9.90. The number of carbonyl (C=O) groups is 2. The summed E-state index contributed by atoms with van der Waals surface area (Å²) in [6, 6.07) is 1.46. The van der Waals surface area contributed by atoms with Gasteiger partial charge in [0, 0.05) is 19.0 Å². The van der Waals surface area contributed by atoms with Crippen molar-refractivity contribution in [3.05, 3.63) is 28.0 Å². The maximum absolute atomic E-state index is 12.1. The molecular formula is C17H23ClN2O4. The van der Waals surface area contributed by atoms with Gasteiger partial charge in [-0.15, -0.1) is 0 Å². The molecule has 0 spiro atoms. The summed E-state index contributed by atoms with van der Waals surface area (Å²) in [7, 11) is 0. The summed E-state index contributed by atoms with van der Waals surface area (Å²) in [5, 5.41) is 9.75. The topological polar surface area (TPSA) is 79.7 Å². The Morgan fingerprint density at radius 1 is 1.33 bits per heavy atom. The molecular weight excluding hydrogens is 332 g/mol. The lowest BCUT2D eigenvalue weighted by molar-refractivity contribution is 0.0203. The third-order valence-electron chi connectivity index (χ3n) is 3.94. The van der Waals surface area contributed by atoms with E-state index in [1.54, 1.807) is 11.8 Å². The van der Waals surface area contributed by atoms with Gasteiger partial charge >= 0.3 is 12.1 Å². The van der Waals surface area contributed by atoms with Gasteiger partial charge in [0.2, 0.25) is 0 Å². The van der Waals surface area contributed by atoms with E-state index in [1.807, 2.05) is 20.8 Å². The number of aromatic carboxylic acids is 1. The predicted molar refractivity (Wildman–Crippen MR) is 90.7 cm³/mol. The van der Waals surface area contributed by atoms with Gasteiger partial charge < -0.3 is 14.7 Å². The summed E-state index contributed by atoms with van der Waals surface area (Å²) < 4.78 is 5.37. The zero-order valence-corrected chi connectivity index (χ0v) is 15.2. The molecule has 1 aliphatic heterocycles. The largest absolute Gasteiger partial charge is 0.478 e. The fourth-order valence-electron chi connectivity index (χ4n) is 2.74. The highest BCUT2D eigenvalue weighted by Crippen LogP contribution is 2.31. The zero-order chi connectivity index (χ0) is 18.1. The number of rotatable bonds is 2. The molecule has 1 saturated heterocycles. The van der Waals surface area contributed by atoms with Crippen molar-refractivity contribution >= 4 is 23.7 Å². The van der Waals surface area contributed by atoms with Crippen molar-refractivity contribution in [2.24, 2.45) is 0 Å². The number of piperidine rings is 1. The second-order valence-corrected chi connectivity index (χ2v) is 7.44. The lowest BCUT2D eigenvalue weighted by Crippen LogP contribution is -2.41. The summed E-state index contributed by atoms with van der Waals surface area (Å²) in [6.45, 7) is 8.28. The third-order valence-corrected chi connectivity index (χ3v) is 4.33. The van der Waals surface area contributed by atoms with Crippen molar-refractivity contribution in [1.29, 1.82) is 0 Å². The first kappa shape index (κ1) is 18.5. The number of carboxylic acid groups (broad SMARTS) is 1. The molecule has 1 N–H and O–H groups in total. The summed E-state index contributed by atoms with van der Waals surface area (Å²) in [5.74, 6) is -1.04. The second-order valence-electron chi connectivity index (χ2n) is 7.04. The molecule has 7 heteroatoms. The number of nitrogens with zero attached hydrogens (tertiary/aromatic N) is 2. The van der Waals surface area contributed by atoms with Crippen molar-refractivity contribution in [3.63, 3.8) is 0 Å². The van der Waals surface area contributed by atoms with Crippen LogP contribution in [0.3, 0.4) is 0 Å². The number of amides is 1. The molecule has 0 atom stereocenters. The van der Waals surface area contributed by atoms with Crippen LogP contribution >= 0.6 is 11.6 Å². The number of hydrogen-bond acceptors (Lipinski definition) is 4. The van der Waals surface area contributed by atoms with Crippen molar-refractivity contribution in [2.45, 2.75) is 52.1 Å². The van der Waals surface area contributed by atoms with Gasteiger partial charge in [-0.05, 0) is 46.6 Å². The third kappa shape index (κ3) is 4.38. The molecule has 1 fully saturated rings. The smallest absolute Gasteiger partial charge is 0.410 e. The highest BCUT2D eigenvalue weighted by Gasteiger charge is 2.30. The summed E-state index contributed by atoms with van der Waals surface area (Å²) in [4.78, 5) is 29.6. The lowest BCUT2D eigenvalue weighted by Gasteiger charge is -2.33. The number of aryl methyl sites for hydroxylation is 1. The number of carboxylic acids is 1. The quantitative estimate of drug-likeness (QED) is 0.872. The minimum absolute atomic E-state index is 0.00856. The number of ether oxygens (including phenoxy) is 1. The molecule has 24 heavy (non-hydrogen) atoms. The first-order chi connectivity index (χ1) is 11.1. The molecule has 2 rings (SSSR count). The Balaban J connectivity index is 2.11. The molecule has 0 radical (unpaired) electrons. The molecule has 1 aromatic rings. The predicted octanol–water partition coefficient (Wildman–Crippen LogP) is 3.86. The van der Waals surface area contributed by atoms with E-state index < -0.39 is 11.6 Å². The van der Waals surface area contributed by atoms with Crippen molar-refractivity contribution in [2.75, 3.05) is 13.1 Å². The van der Waals surface area contributed by atoms with Crippen LogP contribution in [0.1, 0.15) is 61.3 Å². The standard InChI is InChI=1S/C17H23ClN2O4/c1-10-13(18)9-12(15(21)22)14(19-10)11-5-7-20(8-6-11)16(23)24-17(2,3)4/h9,11H,5-8H2,1-4H3,(H,21,22). The van der Waals surface area contributed by atoms with Gasteiger partial charge in [0.1, 0.15) is 5.60 Å². The van der Waals surface area contributed by atoms with Gasteiger partial charge in [-0.25, -0.2) is 9.59 Å². The maximum Gasteiger partial charge on any atom is 0.410 e. The minimum Gasteiger partial charge on any atom is -0.478 e. The van der Waals surface area contributed by atoms with E-state index in [1.165, 1.54) is 6.07 Å². The Bertz CT molecular complexity index is 647. The molecule has 0 aromatic carbocycles. The number of hydrogen-bond donors (Lipinski definition) is 1. The number of likely N-dealkylation sites (tertiary alicyclic amines) is 1. The Kier molecular flexibility index (Phi) is 5.38. The SMILES string of the molecule is Cc1nc(C2CCN(C(=O)OC(C)(C)C)CC2)c(C(=O)O)cc1Cl. The van der Waals surface area contributed by atoms with Gasteiger partial charge in [-0.1, -0.05) is 11.6 Å². The van der Waals surface area contributed by atoms with Crippen molar-refractivity contribution < 1.29 is 19.4 Å². The highest BCUT2D eigenvalue weighted by atomic mass is 35.5. The molecule has 1 aliphatic rings. The number of halogens is 1. The average molecular weight is 355 g/mol. The monoisotopic (exact) mass is 354 g/mol. The van der Waals surface area contributed by atoms with Crippen LogP contribution in [0.2, 0.25) is 5.02 Å². The van der Waals surface area contributed by atoms with E-state index in [0.717, 1.165) is 0 Å². The average Bonchev–Trinajstić information content (AvgIpc) is 2.48. The van der Waals surface area contributed by atoms with Crippen LogP contribution in [-0.2, 0) is 4.74 Å². The highest BCUT2D eigenvalue weighted by molar-refractivity contribution is 6.31. The molecule has 0 saturated carbocycles. The van der Waals surface area contributed by atoms with Gasteiger partial charge in [0.25, 0.3) is 0 Å². The Hall–Kier alpha value is -1.82. The molecule has 0 bridgehead atoms. The van der Waals surface area contributed by atoms with Crippen LogP contribution in [0.15, 0.2) is 6.07 Å². The van der Waals surface area contributed by atoms with E-state index >= 15 is 0 Å². The molecule has 6 nitrogen and oxygen atoms in total. The van der Waals surface area contributed by atoms with E-state index in [4.69, 9.17) is 16.3 Å². The Morgan fingerprint density at radius 2 is 1.92 bits per heavy atom. The molecule has 2 heterocycles. The fourth-order valence-corrected chi connectivity index (χ4v) is 2.90. The van der Waals surface area contributed by atoms with E-state index in [0.29, 0.717) is 42.3 Å².